The van der Waals surface area contributed by atoms with Crippen molar-refractivity contribution in [2.45, 2.75) is 5.41 Å². The van der Waals surface area contributed by atoms with Crippen molar-refractivity contribution in [2.24, 2.45) is 0 Å². The number of nitrogens with zero attached hydrogens (tertiary/aromatic N) is 4. The average Bonchev–Trinajstić information content (AvgIpc) is 3.92. The van der Waals surface area contributed by atoms with Gasteiger partial charge in [0.2, 0.25) is 11.8 Å². The number of rotatable bonds is 7. The maximum Gasteiger partial charge on any atom is 0.248 e. The second-order valence-corrected chi connectivity index (χ2v) is 14.6. The number of benzene rings is 8. The van der Waals surface area contributed by atoms with E-state index in [0.717, 1.165) is 55.8 Å². The van der Waals surface area contributed by atoms with Crippen LogP contribution in [0.25, 0.3) is 78.7 Å². The van der Waals surface area contributed by atoms with Gasteiger partial charge in [-0.05, 0) is 87.0 Å². The minimum absolute atomic E-state index is 0.489. The minimum Gasteiger partial charge on any atom is -0.416 e. The summed E-state index contributed by atoms with van der Waals surface area (Å²) in [6.07, 6.45) is 0. The van der Waals surface area contributed by atoms with E-state index in [4.69, 9.17) is 14.4 Å². The molecule has 0 fully saturated rings. The molecular formula is C53H34N4O. The van der Waals surface area contributed by atoms with Crippen molar-refractivity contribution < 1.29 is 4.42 Å². The molecular weight excluding hydrogens is 709 g/mol. The van der Waals surface area contributed by atoms with Crippen LogP contribution in [0.4, 0.5) is 0 Å². The van der Waals surface area contributed by atoms with Crippen molar-refractivity contribution in [2.75, 3.05) is 0 Å². The van der Waals surface area contributed by atoms with Gasteiger partial charge in [0.05, 0.1) is 27.8 Å². The van der Waals surface area contributed by atoms with E-state index in [2.05, 4.69) is 150 Å². The zero-order valence-corrected chi connectivity index (χ0v) is 31.3. The lowest BCUT2D eigenvalue weighted by atomic mass is 9.67. The predicted molar refractivity (Wildman–Crippen MR) is 232 cm³/mol. The van der Waals surface area contributed by atoms with E-state index >= 15 is 0 Å². The molecule has 5 nitrogen and oxygen atoms in total. The van der Waals surface area contributed by atoms with Crippen LogP contribution in [-0.2, 0) is 5.41 Å². The van der Waals surface area contributed by atoms with Crippen LogP contribution in [0, 0.1) is 0 Å². The van der Waals surface area contributed by atoms with Crippen LogP contribution in [0.2, 0.25) is 0 Å². The first-order valence-electron chi connectivity index (χ1n) is 19.5. The van der Waals surface area contributed by atoms with Crippen molar-refractivity contribution >= 4 is 11.0 Å². The van der Waals surface area contributed by atoms with Crippen molar-refractivity contribution in [3.63, 3.8) is 0 Å². The Morgan fingerprint density at radius 3 is 1.36 bits per heavy atom. The molecule has 0 N–H and O–H groups in total. The highest BCUT2D eigenvalue weighted by atomic mass is 16.4. The highest BCUT2D eigenvalue weighted by Crippen LogP contribution is 2.56. The summed E-state index contributed by atoms with van der Waals surface area (Å²) >= 11 is 0. The molecule has 0 unspecified atom stereocenters. The van der Waals surface area contributed by atoms with Gasteiger partial charge in [0.25, 0.3) is 0 Å². The molecule has 0 bridgehead atoms. The maximum absolute atomic E-state index is 6.01. The van der Waals surface area contributed by atoms with Gasteiger partial charge in [-0.25, -0.2) is 9.97 Å². The summed E-state index contributed by atoms with van der Waals surface area (Å²) in [7, 11) is 0. The summed E-state index contributed by atoms with van der Waals surface area (Å²) in [6.45, 7) is 0. The molecule has 2 aromatic heterocycles. The first-order valence-corrected chi connectivity index (χ1v) is 19.5. The molecule has 0 saturated carbocycles. The molecule has 1 aliphatic carbocycles. The topological polar surface area (TPSA) is 64.7 Å². The Morgan fingerprint density at radius 2 is 0.759 bits per heavy atom. The summed E-state index contributed by atoms with van der Waals surface area (Å²) in [6, 6.07) is 72.3. The molecule has 0 saturated heterocycles. The van der Waals surface area contributed by atoms with E-state index in [9.17, 15) is 0 Å². The summed E-state index contributed by atoms with van der Waals surface area (Å²) < 4.78 is 6.01. The smallest absolute Gasteiger partial charge is 0.248 e. The molecule has 58 heavy (non-hydrogen) atoms. The molecule has 272 valence electrons. The van der Waals surface area contributed by atoms with Crippen LogP contribution in [0.3, 0.4) is 0 Å². The van der Waals surface area contributed by atoms with Crippen LogP contribution in [0.5, 0.6) is 0 Å². The van der Waals surface area contributed by atoms with Gasteiger partial charge in [-0.2, -0.15) is 0 Å². The SMILES string of the molecule is c1ccc(-c2nnc(-c3ccc(-c4ccc(-c5nc6ccccc6nc5-c5ccc6c(c5)C(c5ccccc5)(c5ccccc5)c5ccccc5-6)cc4)cc3)o2)cc1. The number of aromatic nitrogens is 4. The minimum atomic E-state index is -0.514. The first-order chi connectivity index (χ1) is 28.7. The fraction of sp³-hybridized carbons (Fsp3) is 0.0189. The Morgan fingerprint density at radius 1 is 0.328 bits per heavy atom. The van der Waals surface area contributed by atoms with E-state index in [1.165, 1.54) is 33.4 Å². The second-order valence-electron chi connectivity index (χ2n) is 14.6. The third kappa shape index (κ3) is 5.47. The van der Waals surface area contributed by atoms with Crippen molar-refractivity contribution in [1.82, 2.24) is 20.2 Å². The lowest BCUT2D eigenvalue weighted by Gasteiger charge is -2.34. The van der Waals surface area contributed by atoms with Crippen LogP contribution in [-0.4, -0.2) is 20.2 Å². The highest BCUT2D eigenvalue weighted by Gasteiger charge is 2.46. The van der Waals surface area contributed by atoms with Crippen molar-refractivity contribution in [3.8, 4) is 67.7 Å². The largest absolute Gasteiger partial charge is 0.416 e. The molecule has 11 rings (SSSR count). The van der Waals surface area contributed by atoms with Crippen molar-refractivity contribution in [1.29, 1.82) is 0 Å². The van der Waals surface area contributed by atoms with E-state index < -0.39 is 5.41 Å². The third-order valence-electron chi connectivity index (χ3n) is 11.4. The molecule has 1 aliphatic rings. The molecule has 8 aromatic carbocycles. The molecule has 0 radical (unpaired) electrons. The number of para-hydroxylation sites is 2. The van der Waals surface area contributed by atoms with Gasteiger partial charge in [0.15, 0.2) is 0 Å². The number of hydrogen-bond acceptors (Lipinski definition) is 5. The van der Waals surface area contributed by atoms with E-state index in [1.54, 1.807) is 0 Å². The standard InChI is InChI=1S/C53H34N4O/c1-4-14-38(15-5-1)51-56-57-52(58-51)39-30-26-36(27-31-39)35-24-28-37(29-25-35)49-50(55-48-23-13-12-22-47(48)54-49)40-32-33-44-43-20-10-11-21-45(43)53(46(44)34-40,41-16-6-2-7-17-41)42-18-8-3-9-19-42/h1-34H. The Hall–Kier alpha value is -7.76. The number of fused-ring (bicyclic) bond motifs is 4. The summed E-state index contributed by atoms with van der Waals surface area (Å²) in [5.74, 6) is 0.992. The summed E-state index contributed by atoms with van der Waals surface area (Å²) in [4.78, 5) is 10.6. The van der Waals surface area contributed by atoms with E-state index in [0.29, 0.717) is 11.8 Å². The molecule has 2 heterocycles. The summed E-state index contributed by atoms with van der Waals surface area (Å²) in [5.41, 5.74) is 16.3. The normalized spacial score (nSPS) is 12.6. The van der Waals surface area contributed by atoms with Gasteiger partial charge in [0.1, 0.15) is 0 Å². The van der Waals surface area contributed by atoms with Crippen molar-refractivity contribution in [3.05, 3.63) is 229 Å². The third-order valence-corrected chi connectivity index (χ3v) is 11.4. The Balaban J connectivity index is 1.01. The van der Waals surface area contributed by atoms with Gasteiger partial charge in [0, 0.05) is 22.3 Å². The average molecular weight is 743 g/mol. The zero-order valence-electron chi connectivity index (χ0n) is 31.3. The Kier molecular flexibility index (Phi) is 7.97. The predicted octanol–water partition coefficient (Wildman–Crippen LogP) is 12.7. The maximum atomic E-state index is 6.01. The van der Waals surface area contributed by atoms with Crippen LogP contribution < -0.4 is 0 Å². The van der Waals surface area contributed by atoms with Crippen LogP contribution in [0.15, 0.2) is 211 Å². The van der Waals surface area contributed by atoms with E-state index in [-0.39, 0.29) is 0 Å². The second kappa shape index (κ2) is 13.8. The molecule has 0 atom stereocenters. The highest BCUT2D eigenvalue weighted by molar-refractivity contribution is 5.91. The van der Waals surface area contributed by atoms with Gasteiger partial charge < -0.3 is 4.42 Å². The zero-order chi connectivity index (χ0) is 38.5. The first kappa shape index (κ1) is 33.6. The Bertz CT molecular complexity index is 3050. The monoisotopic (exact) mass is 742 g/mol. The molecule has 0 amide bonds. The quantitative estimate of drug-likeness (QED) is 0.163. The fourth-order valence-corrected chi connectivity index (χ4v) is 8.66. The molecule has 5 heteroatoms. The molecule has 0 aliphatic heterocycles. The lowest BCUT2D eigenvalue weighted by Crippen LogP contribution is -2.28. The molecule has 10 aromatic rings. The van der Waals surface area contributed by atoms with Gasteiger partial charge in [-0.15, -0.1) is 10.2 Å². The molecule has 0 spiro atoms. The van der Waals surface area contributed by atoms with Gasteiger partial charge in [-0.3, -0.25) is 0 Å². The van der Waals surface area contributed by atoms with E-state index in [1.807, 2.05) is 66.7 Å². The number of hydrogen-bond donors (Lipinski definition) is 0. The van der Waals surface area contributed by atoms with Crippen LogP contribution in [0.1, 0.15) is 22.3 Å². The van der Waals surface area contributed by atoms with Gasteiger partial charge in [-0.1, -0.05) is 164 Å². The van der Waals surface area contributed by atoms with Gasteiger partial charge >= 0.3 is 0 Å². The Labute approximate surface area is 336 Å². The fourth-order valence-electron chi connectivity index (χ4n) is 8.66. The van der Waals surface area contributed by atoms with Crippen LogP contribution >= 0.6 is 0 Å². The lowest BCUT2D eigenvalue weighted by molar-refractivity contribution is 0.584. The summed E-state index contributed by atoms with van der Waals surface area (Å²) in [5, 5.41) is 8.57.